The van der Waals surface area contributed by atoms with Crippen LogP contribution >= 0.6 is 0 Å². The van der Waals surface area contributed by atoms with Gasteiger partial charge >= 0.3 is 5.97 Å². The van der Waals surface area contributed by atoms with Crippen molar-refractivity contribution in [3.63, 3.8) is 0 Å². The molecule has 4 rings (SSSR count). The third kappa shape index (κ3) is 2.12. The molecule has 0 amide bonds. The third-order valence-electron chi connectivity index (χ3n) is 4.44. The van der Waals surface area contributed by atoms with Gasteiger partial charge in [-0.05, 0) is 24.5 Å². The lowest BCUT2D eigenvalue weighted by atomic mass is 9.86. The zero-order valence-corrected chi connectivity index (χ0v) is 13.2. The molecule has 0 aromatic carbocycles. The van der Waals surface area contributed by atoms with E-state index in [1.165, 1.54) is 13.3 Å². The summed E-state index contributed by atoms with van der Waals surface area (Å²) in [5, 5.41) is 7.58. The van der Waals surface area contributed by atoms with Crippen molar-refractivity contribution in [1.29, 1.82) is 0 Å². The molecule has 1 aliphatic heterocycles. The lowest BCUT2D eigenvalue weighted by Gasteiger charge is -2.33. The van der Waals surface area contributed by atoms with Gasteiger partial charge in [0.05, 0.1) is 13.3 Å². The number of carbonyl (C=O) groups is 2. The Kier molecular flexibility index (Phi) is 3.41. The minimum atomic E-state index is -0.458. The lowest BCUT2D eigenvalue weighted by Crippen LogP contribution is -2.31. The minimum Gasteiger partial charge on any atom is -0.465 e. The number of ether oxygens (including phenoxy) is 1. The number of methoxy groups -OCH3 is 1. The molecule has 0 spiro atoms. The highest BCUT2D eigenvalue weighted by Gasteiger charge is 2.37. The average Bonchev–Trinajstić information content (AvgIpc) is 3.04. The molecule has 7 heteroatoms. The van der Waals surface area contributed by atoms with Crippen molar-refractivity contribution in [3.8, 4) is 0 Å². The fraction of sp³-hybridized carbons (Fsp3) is 0.294. The quantitative estimate of drug-likeness (QED) is 0.851. The van der Waals surface area contributed by atoms with Gasteiger partial charge in [-0.2, -0.15) is 5.10 Å². The number of hydrogen-bond donors (Lipinski definition) is 1. The number of allylic oxidation sites excluding steroid dienone is 2. The van der Waals surface area contributed by atoms with E-state index in [9.17, 15) is 9.59 Å². The normalized spacial score (nSPS) is 19.4. The van der Waals surface area contributed by atoms with Crippen LogP contribution in [0.1, 0.15) is 41.2 Å². The van der Waals surface area contributed by atoms with Gasteiger partial charge in [-0.25, -0.2) is 9.48 Å². The number of nitrogens with zero attached hydrogens (tertiary/aromatic N) is 3. The topological polar surface area (TPSA) is 86.1 Å². The molecule has 0 saturated heterocycles. The van der Waals surface area contributed by atoms with Crippen LogP contribution in [-0.4, -0.2) is 33.6 Å². The summed E-state index contributed by atoms with van der Waals surface area (Å²) in [5.74, 6) is 0.211. The standard InChI is InChI=1S/C17H16N4O3/c1-24-17(23)11-9-19-21-15(10-4-3-7-18-8-10)14-12(20-16(11)21)5-2-6-13(14)22/h3-4,7-9,15,20H,2,5-6H2,1H3/t15-/m1/s1. The molecular formula is C17H16N4O3. The van der Waals surface area contributed by atoms with Crippen molar-refractivity contribution in [3.05, 3.63) is 53.1 Å². The van der Waals surface area contributed by atoms with Crippen LogP contribution in [-0.2, 0) is 9.53 Å². The summed E-state index contributed by atoms with van der Waals surface area (Å²) < 4.78 is 6.50. The van der Waals surface area contributed by atoms with E-state index in [4.69, 9.17) is 4.74 Å². The highest BCUT2D eigenvalue weighted by molar-refractivity contribution is 6.01. The van der Waals surface area contributed by atoms with E-state index in [0.717, 1.165) is 24.1 Å². The number of ketones is 1. The predicted molar refractivity (Wildman–Crippen MR) is 85.4 cm³/mol. The Balaban J connectivity index is 1.92. The molecule has 0 bridgehead atoms. The van der Waals surface area contributed by atoms with Gasteiger partial charge in [0.1, 0.15) is 17.4 Å². The zero-order valence-electron chi connectivity index (χ0n) is 13.2. The van der Waals surface area contributed by atoms with Gasteiger partial charge in [-0.15, -0.1) is 0 Å². The molecule has 0 saturated carbocycles. The first kappa shape index (κ1) is 14.6. The van der Waals surface area contributed by atoms with Gasteiger partial charge in [0.2, 0.25) is 0 Å². The number of esters is 1. The van der Waals surface area contributed by atoms with Gasteiger partial charge in [-0.3, -0.25) is 9.78 Å². The first-order chi connectivity index (χ1) is 11.7. The fourth-order valence-corrected chi connectivity index (χ4v) is 3.36. The second-order valence-electron chi connectivity index (χ2n) is 5.83. The lowest BCUT2D eigenvalue weighted by molar-refractivity contribution is -0.116. The molecule has 0 fully saturated rings. The molecule has 0 unspecified atom stereocenters. The van der Waals surface area contributed by atoms with E-state index in [-0.39, 0.29) is 11.8 Å². The largest absolute Gasteiger partial charge is 0.465 e. The van der Waals surface area contributed by atoms with Crippen molar-refractivity contribution in [2.45, 2.75) is 25.3 Å². The number of nitrogens with one attached hydrogen (secondary N) is 1. The molecule has 2 aliphatic rings. The Hall–Kier alpha value is -2.96. The number of rotatable bonds is 2. The van der Waals surface area contributed by atoms with Gasteiger partial charge in [0.15, 0.2) is 5.78 Å². The van der Waals surface area contributed by atoms with E-state index in [0.29, 0.717) is 23.4 Å². The first-order valence-corrected chi connectivity index (χ1v) is 7.79. The van der Waals surface area contributed by atoms with Crippen LogP contribution < -0.4 is 5.32 Å². The molecule has 2 aromatic rings. The number of fused-ring (bicyclic) bond motifs is 1. The van der Waals surface area contributed by atoms with Gasteiger partial charge in [-0.1, -0.05) is 6.07 Å². The number of carbonyl (C=O) groups excluding carboxylic acids is 2. The van der Waals surface area contributed by atoms with Crippen LogP contribution in [0.5, 0.6) is 0 Å². The highest BCUT2D eigenvalue weighted by Crippen LogP contribution is 2.41. The second-order valence-corrected chi connectivity index (χ2v) is 5.83. The number of hydrogen-bond acceptors (Lipinski definition) is 6. The summed E-state index contributed by atoms with van der Waals surface area (Å²) in [5.41, 5.74) is 2.79. The highest BCUT2D eigenvalue weighted by atomic mass is 16.5. The molecule has 0 radical (unpaired) electrons. The summed E-state index contributed by atoms with van der Waals surface area (Å²) in [4.78, 5) is 28.7. The van der Waals surface area contributed by atoms with Crippen LogP contribution in [0.15, 0.2) is 42.0 Å². The smallest absolute Gasteiger partial charge is 0.343 e. The van der Waals surface area contributed by atoms with E-state index < -0.39 is 5.97 Å². The summed E-state index contributed by atoms with van der Waals surface area (Å²) in [6.07, 6.45) is 6.98. The van der Waals surface area contributed by atoms with Crippen LogP contribution in [0, 0.1) is 0 Å². The monoisotopic (exact) mass is 324 g/mol. The van der Waals surface area contributed by atoms with Crippen molar-refractivity contribution in [2.24, 2.45) is 0 Å². The van der Waals surface area contributed by atoms with Crippen molar-refractivity contribution in [1.82, 2.24) is 14.8 Å². The Bertz CT molecular complexity index is 854. The van der Waals surface area contributed by atoms with Crippen LogP contribution in [0.25, 0.3) is 0 Å². The van der Waals surface area contributed by atoms with E-state index in [1.807, 2.05) is 12.1 Å². The SMILES string of the molecule is COC(=O)c1cnn2c1NC1=C(C(=O)CCC1)[C@H]2c1cccnc1. The first-order valence-electron chi connectivity index (χ1n) is 7.79. The third-order valence-corrected chi connectivity index (χ3v) is 4.44. The van der Waals surface area contributed by atoms with Gasteiger partial charge in [0, 0.05) is 30.1 Å². The molecule has 3 heterocycles. The molecule has 122 valence electrons. The fourth-order valence-electron chi connectivity index (χ4n) is 3.36. The van der Waals surface area contributed by atoms with E-state index >= 15 is 0 Å². The average molecular weight is 324 g/mol. The Morgan fingerprint density at radius 3 is 3.00 bits per heavy atom. The second kappa shape index (κ2) is 5.59. The molecule has 1 atom stereocenters. The van der Waals surface area contributed by atoms with Gasteiger partial charge < -0.3 is 10.1 Å². The Morgan fingerprint density at radius 2 is 2.25 bits per heavy atom. The number of pyridine rings is 1. The van der Waals surface area contributed by atoms with Crippen LogP contribution in [0.4, 0.5) is 5.82 Å². The van der Waals surface area contributed by atoms with Crippen LogP contribution in [0.3, 0.4) is 0 Å². The van der Waals surface area contributed by atoms with E-state index in [1.54, 1.807) is 17.1 Å². The molecule has 1 aliphatic carbocycles. The maximum atomic E-state index is 12.6. The maximum Gasteiger partial charge on any atom is 0.343 e. The van der Waals surface area contributed by atoms with E-state index in [2.05, 4.69) is 15.4 Å². The van der Waals surface area contributed by atoms with Crippen molar-refractivity contribution < 1.29 is 14.3 Å². The van der Waals surface area contributed by atoms with Crippen molar-refractivity contribution in [2.75, 3.05) is 12.4 Å². The number of Topliss-reactive ketones (excluding diaryl/α,β-unsaturated/α-hetero) is 1. The molecule has 24 heavy (non-hydrogen) atoms. The van der Waals surface area contributed by atoms with Crippen LogP contribution in [0.2, 0.25) is 0 Å². The zero-order chi connectivity index (χ0) is 16.7. The predicted octanol–water partition coefficient (Wildman–Crippen LogP) is 2.09. The summed E-state index contributed by atoms with van der Waals surface area (Å²) >= 11 is 0. The molecular weight excluding hydrogens is 308 g/mol. The molecule has 1 N–H and O–H groups in total. The van der Waals surface area contributed by atoms with Gasteiger partial charge in [0.25, 0.3) is 0 Å². The number of anilines is 1. The molecule has 7 nitrogen and oxygen atoms in total. The number of aromatic nitrogens is 3. The Labute approximate surface area is 138 Å². The Morgan fingerprint density at radius 1 is 1.38 bits per heavy atom. The summed E-state index contributed by atoms with van der Waals surface area (Å²) in [6.45, 7) is 0. The summed E-state index contributed by atoms with van der Waals surface area (Å²) in [7, 11) is 1.34. The summed E-state index contributed by atoms with van der Waals surface area (Å²) in [6, 6.07) is 3.37. The minimum absolute atomic E-state index is 0.110. The maximum absolute atomic E-state index is 12.6. The molecule has 2 aromatic heterocycles. The van der Waals surface area contributed by atoms with Crippen molar-refractivity contribution >= 4 is 17.6 Å².